The number of ether oxygens (including phenoxy) is 3. The molecule has 0 saturated carbocycles. The fourth-order valence-electron chi connectivity index (χ4n) is 1.75. The lowest BCUT2D eigenvalue weighted by atomic mass is 10.2. The first-order chi connectivity index (χ1) is 11.4. The van der Waals surface area contributed by atoms with Crippen molar-refractivity contribution in [2.24, 2.45) is 0 Å². The smallest absolute Gasteiger partial charge is 0.425 e. The Hall–Kier alpha value is -2.82. The van der Waals surface area contributed by atoms with Gasteiger partial charge in [-0.25, -0.2) is 14.6 Å². The van der Waals surface area contributed by atoms with Gasteiger partial charge in [-0.15, -0.1) is 0 Å². The molecule has 0 aliphatic rings. The number of nitrogens with zero attached hydrogens (tertiary/aromatic N) is 3. The van der Waals surface area contributed by atoms with Gasteiger partial charge in [-0.3, -0.25) is 0 Å². The first-order valence-electron chi connectivity index (χ1n) is 7.59. The van der Waals surface area contributed by atoms with Crippen molar-refractivity contribution >= 4 is 18.0 Å². The largest absolute Gasteiger partial charge is 0.492 e. The molecule has 0 saturated heterocycles. The molecule has 0 spiro atoms. The fraction of sp³-hybridized carbons (Fsp3) is 0.529. The molecule has 1 rings (SSSR count). The predicted molar refractivity (Wildman–Crippen MR) is 90.5 cm³/mol. The minimum Gasteiger partial charge on any atom is -0.492 e. The Balaban J connectivity index is 3.45. The summed E-state index contributed by atoms with van der Waals surface area (Å²) in [7, 11) is 1.31. The van der Waals surface area contributed by atoms with Crippen molar-refractivity contribution in [2.45, 2.75) is 52.7 Å². The summed E-state index contributed by atoms with van der Waals surface area (Å²) in [5.74, 6) is -0.202. The molecular weight excluding hydrogens is 326 g/mol. The lowest BCUT2D eigenvalue weighted by molar-refractivity contribution is 0.0427. The van der Waals surface area contributed by atoms with Gasteiger partial charge < -0.3 is 14.2 Å². The molecule has 1 heterocycles. The van der Waals surface area contributed by atoms with Gasteiger partial charge in [0.1, 0.15) is 17.3 Å². The maximum Gasteiger partial charge on any atom is 0.425 e. The third-order valence-corrected chi connectivity index (χ3v) is 2.57. The van der Waals surface area contributed by atoms with Gasteiger partial charge in [-0.1, -0.05) is 0 Å². The molecule has 0 aliphatic heterocycles. The third kappa shape index (κ3) is 5.64. The highest BCUT2D eigenvalue weighted by Gasteiger charge is 2.36. The maximum absolute atomic E-state index is 12.6. The third-order valence-electron chi connectivity index (χ3n) is 2.57. The number of carbonyl (C=O) groups excluding carboxylic acids is 2. The van der Waals surface area contributed by atoms with Crippen LogP contribution in [0.3, 0.4) is 0 Å². The van der Waals surface area contributed by atoms with E-state index in [2.05, 4.69) is 4.98 Å². The molecular formula is C17H23N3O5. The van der Waals surface area contributed by atoms with Gasteiger partial charge in [0.15, 0.2) is 11.6 Å². The van der Waals surface area contributed by atoms with Crippen LogP contribution in [0.2, 0.25) is 0 Å². The number of rotatable bonds is 2. The Morgan fingerprint density at radius 2 is 1.56 bits per heavy atom. The summed E-state index contributed by atoms with van der Waals surface area (Å²) in [5, 5.41) is 9.20. The molecule has 0 unspecified atom stereocenters. The zero-order chi connectivity index (χ0) is 19.4. The standard InChI is InChI=1S/C17H23N3O5/c1-16(2,3)24-14(21)20(15(22)25-17(4,5)6)13-12(23-7)11(10-18)8-9-19-13/h8-9H,1-7H3. The zero-order valence-electron chi connectivity index (χ0n) is 15.5. The summed E-state index contributed by atoms with van der Waals surface area (Å²) in [5.41, 5.74) is -1.58. The van der Waals surface area contributed by atoms with Crippen LogP contribution in [0, 0.1) is 11.3 Å². The first-order valence-corrected chi connectivity index (χ1v) is 7.59. The van der Waals surface area contributed by atoms with Crippen molar-refractivity contribution in [1.29, 1.82) is 5.26 Å². The quantitative estimate of drug-likeness (QED) is 0.803. The number of pyridine rings is 1. The van der Waals surface area contributed by atoms with Gasteiger partial charge in [-0.2, -0.15) is 10.2 Å². The summed E-state index contributed by atoms with van der Waals surface area (Å²) in [6, 6.07) is 3.33. The molecule has 0 bridgehead atoms. The van der Waals surface area contributed by atoms with Crippen molar-refractivity contribution in [3.05, 3.63) is 17.8 Å². The van der Waals surface area contributed by atoms with E-state index in [4.69, 9.17) is 14.2 Å². The van der Waals surface area contributed by atoms with Crippen molar-refractivity contribution in [1.82, 2.24) is 4.98 Å². The molecule has 0 N–H and O–H groups in total. The lowest BCUT2D eigenvalue weighted by Gasteiger charge is -2.28. The van der Waals surface area contributed by atoms with Crippen LogP contribution in [-0.4, -0.2) is 35.5 Å². The Kier molecular flexibility index (Phi) is 5.97. The highest BCUT2D eigenvalue weighted by Crippen LogP contribution is 2.31. The Bertz CT molecular complexity index is 668. The second-order valence-corrected chi connectivity index (χ2v) is 7.12. The average molecular weight is 349 g/mol. The minimum absolute atomic E-state index is 0.0262. The van der Waals surface area contributed by atoms with Crippen LogP contribution < -0.4 is 9.64 Å². The average Bonchev–Trinajstić information content (AvgIpc) is 2.43. The van der Waals surface area contributed by atoms with E-state index in [1.165, 1.54) is 19.4 Å². The second-order valence-electron chi connectivity index (χ2n) is 7.12. The molecule has 1 aromatic rings. The second kappa shape index (κ2) is 7.38. The topological polar surface area (TPSA) is 102 Å². The number of amides is 2. The molecule has 2 amide bonds. The minimum atomic E-state index is -0.984. The van der Waals surface area contributed by atoms with Crippen LogP contribution in [0.15, 0.2) is 12.3 Å². The number of methoxy groups -OCH3 is 1. The molecule has 8 heteroatoms. The number of carbonyl (C=O) groups is 2. The molecule has 0 radical (unpaired) electrons. The Morgan fingerprint density at radius 1 is 1.08 bits per heavy atom. The zero-order valence-corrected chi connectivity index (χ0v) is 15.5. The van der Waals surface area contributed by atoms with Crippen LogP contribution in [-0.2, 0) is 9.47 Å². The van der Waals surface area contributed by atoms with Gasteiger partial charge in [0, 0.05) is 6.20 Å². The number of aromatic nitrogens is 1. The molecule has 0 aromatic carbocycles. The summed E-state index contributed by atoms with van der Waals surface area (Å²) < 4.78 is 15.7. The monoisotopic (exact) mass is 349 g/mol. The molecule has 0 fully saturated rings. The normalized spacial score (nSPS) is 11.3. The summed E-state index contributed by atoms with van der Waals surface area (Å²) in [6.45, 7) is 9.97. The first kappa shape index (κ1) is 20.2. The van der Waals surface area contributed by atoms with Crippen molar-refractivity contribution in [3.8, 4) is 11.8 Å². The van der Waals surface area contributed by atoms with Gasteiger partial charge >= 0.3 is 12.2 Å². The molecule has 0 aliphatic carbocycles. The van der Waals surface area contributed by atoms with E-state index in [1.54, 1.807) is 41.5 Å². The van der Waals surface area contributed by atoms with Crippen molar-refractivity contribution < 1.29 is 23.8 Å². The van der Waals surface area contributed by atoms with E-state index in [0.717, 1.165) is 0 Å². The molecule has 0 atom stereocenters. The molecule has 1 aromatic heterocycles. The molecule has 8 nitrogen and oxygen atoms in total. The number of hydrogen-bond acceptors (Lipinski definition) is 7. The fourth-order valence-corrected chi connectivity index (χ4v) is 1.75. The van der Waals surface area contributed by atoms with E-state index in [1.807, 2.05) is 6.07 Å². The summed E-state index contributed by atoms with van der Waals surface area (Å²) >= 11 is 0. The van der Waals surface area contributed by atoms with Crippen LogP contribution in [0.5, 0.6) is 5.75 Å². The number of imide groups is 1. The van der Waals surface area contributed by atoms with Crippen molar-refractivity contribution in [3.63, 3.8) is 0 Å². The van der Waals surface area contributed by atoms with Crippen LogP contribution in [0.4, 0.5) is 15.4 Å². The van der Waals surface area contributed by atoms with Crippen LogP contribution in [0.1, 0.15) is 47.1 Å². The summed E-state index contributed by atoms with van der Waals surface area (Å²) in [6.07, 6.45) is -0.678. The lowest BCUT2D eigenvalue weighted by Crippen LogP contribution is -2.44. The van der Waals surface area contributed by atoms with E-state index < -0.39 is 23.4 Å². The predicted octanol–water partition coefficient (Wildman–Crippen LogP) is 3.64. The summed E-state index contributed by atoms with van der Waals surface area (Å²) in [4.78, 5) is 29.8. The number of anilines is 1. The Labute approximate surface area is 147 Å². The number of nitriles is 1. The molecule has 136 valence electrons. The van der Waals surface area contributed by atoms with Crippen molar-refractivity contribution in [2.75, 3.05) is 12.0 Å². The Morgan fingerprint density at radius 3 is 1.92 bits per heavy atom. The van der Waals surface area contributed by atoms with Gasteiger partial charge in [0.05, 0.1) is 12.7 Å². The van der Waals surface area contributed by atoms with Gasteiger partial charge in [-0.05, 0) is 47.6 Å². The van der Waals surface area contributed by atoms with E-state index >= 15 is 0 Å². The van der Waals surface area contributed by atoms with Gasteiger partial charge in [0.2, 0.25) is 0 Å². The molecule has 25 heavy (non-hydrogen) atoms. The maximum atomic E-state index is 12.6. The highest BCUT2D eigenvalue weighted by molar-refractivity contribution is 6.10. The van der Waals surface area contributed by atoms with E-state index in [0.29, 0.717) is 4.90 Å². The SMILES string of the molecule is COc1c(C#N)ccnc1N(C(=O)OC(C)(C)C)C(=O)OC(C)(C)C. The van der Waals surface area contributed by atoms with E-state index in [-0.39, 0.29) is 17.1 Å². The van der Waals surface area contributed by atoms with E-state index in [9.17, 15) is 14.9 Å². The van der Waals surface area contributed by atoms with Crippen LogP contribution >= 0.6 is 0 Å². The number of hydrogen-bond donors (Lipinski definition) is 0. The highest BCUT2D eigenvalue weighted by atomic mass is 16.6. The van der Waals surface area contributed by atoms with Crippen LogP contribution in [0.25, 0.3) is 0 Å². The van der Waals surface area contributed by atoms with Gasteiger partial charge in [0.25, 0.3) is 0 Å².